The fourth-order valence-corrected chi connectivity index (χ4v) is 2.34. The number of aliphatic carboxylic acids is 1. The quantitative estimate of drug-likeness (QED) is 0.663. The van der Waals surface area contributed by atoms with Gasteiger partial charge in [0.15, 0.2) is 6.61 Å². The third-order valence-corrected chi connectivity index (χ3v) is 3.59. The van der Waals surface area contributed by atoms with E-state index in [9.17, 15) is 9.59 Å². The van der Waals surface area contributed by atoms with E-state index in [1.807, 2.05) is 0 Å². The third kappa shape index (κ3) is 6.55. The molecule has 2 rings (SSSR count). The predicted molar refractivity (Wildman–Crippen MR) is 86.3 cm³/mol. The second-order valence-corrected chi connectivity index (χ2v) is 5.50. The zero-order chi connectivity index (χ0) is 17.2. The normalized spacial score (nSPS) is 15.0. The van der Waals surface area contributed by atoms with Crippen molar-refractivity contribution in [3.63, 3.8) is 0 Å². The topological polar surface area (TPSA) is 94.1 Å². The van der Waals surface area contributed by atoms with E-state index < -0.39 is 12.6 Å². The van der Waals surface area contributed by atoms with Crippen molar-refractivity contribution in [3.8, 4) is 5.75 Å². The Morgan fingerprint density at radius 2 is 2.08 bits per heavy atom. The molecule has 1 aromatic carbocycles. The molecule has 1 heterocycles. The molecule has 0 saturated carbocycles. The number of hydrogen-bond donors (Lipinski definition) is 2. The van der Waals surface area contributed by atoms with Gasteiger partial charge >= 0.3 is 5.97 Å². The lowest BCUT2D eigenvalue weighted by Gasteiger charge is -2.22. The fourth-order valence-electron chi connectivity index (χ4n) is 2.34. The monoisotopic (exact) mass is 337 g/mol. The third-order valence-electron chi connectivity index (χ3n) is 3.59. The van der Waals surface area contributed by atoms with E-state index in [2.05, 4.69) is 5.32 Å². The summed E-state index contributed by atoms with van der Waals surface area (Å²) < 4.78 is 16.1. The summed E-state index contributed by atoms with van der Waals surface area (Å²) in [5.41, 5.74) is 0.434. The molecule has 1 aromatic rings. The molecule has 0 spiro atoms. The number of carboxylic acids is 1. The highest BCUT2D eigenvalue weighted by Crippen LogP contribution is 2.13. The zero-order valence-electron chi connectivity index (χ0n) is 13.5. The number of ether oxygens (including phenoxy) is 3. The van der Waals surface area contributed by atoms with Crippen LogP contribution in [-0.4, -0.2) is 56.1 Å². The summed E-state index contributed by atoms with van der Waals surface area (Å²) in [4.78, 5) is 22.5. The lowest BCUT2D eigenvalue weighted by molar-refractivity contribution is -0.139. The standard InChI is InChI=1S/C17H23NO6/c19-16(20)12-24-15-4-1-3-13(11-15)17(21)18-7-2-8-23-14-5-9-22-10-6-14/h1,3-4,11,14H,2,5-10,12H2,(H,18,21)(H,19,20). The van der Waals surface area contributed by atoms with E-state index in [4.69, 9.17) is 19.3 Å². The minimum atomic E-state index is -1.06. The van der Waals surface area contributed by atoms with Gasteiger partial charge in [0.1, 0.15) is 5.75 Å². The maximum Gasteiger partial charge on any atom is 0.341 e. The molecule has 7 nitrogen and oxygen atoms in total. The summed E-state index contributed by atoms with van der Waals surface area (Å²) in [5, 5.41) is 11.4. The fraction of sp³-hybridized carbons (Fsp3) is 0.529. The maximum atomic E-state index is 12.1. The number of benzene rings is 1. The summed E-state index contributed by atoms with van der Waals surface area (Å²) in [5.74, 6) is -0.927. The largest absolute Gasteiger partial charge is 0.482 e. The second kappa shape index (κ2) is 9.89. The highest BCUT2D eigenvalue weighted by Gasteiger charge is 2.13. The van der Waals surface area contributed by atoms with Gasteiger partial charge in [-0.15, -0.1) is 0 Å². The molecule has 0 aliphatic carbocycles. The van der Waals surface area contributed by atoms with Crippen molar-refractivity contribution >= 4 is 11.9 Å². The Hall–Kier alpha value is -2.12. The molecule has 1 aliphatic heterocycles. The van der Waals surface area contributed by atoms with Crippen molar-refractivity contribution in [1.82, 2.24) is 5.32 Å². The van der Waals surface area contributed by atoms with Gasteiger partial charge in [-0.05, 0) is 37.5 Å². The molecule has 7 heteroatoms. The molecule has 0 bridgehead atoms. The molecule has 1 amide bonds. The lowest BCUT2D eigenvalue weighted by Crippen LogP contribution is -2.27. The number of carbonyl (C=O) groups excluding carboxylic acids is 1. The molecular formula is C17H23NO6. The first-order chi connectivity index (χ1) is 11.6. The van der Waals surface area contributed by atoms with E-state index in [1.54, 1.807) is 18.2 Å². The highest BCUT2D eigenvalue weighted by atomic mass is 16.5. The van der Waals surface area contributed by atoms with Gasteiger partial charge in [-0.25, -0.2) is 4.79 Å². The van der Waals surface area contributed by atoms with Crippen LogP contribution in [0.3, 0.4) is 0 Å². The van der Waals surface area contributed by atoms with E-state index >= 15 is 0 Å². The molecular weight excluding hydrogens is 314 g/mol. The van der Waals surface area contributed by atoms with Crippen LogP contribution in [0.25, 0.3) is 0 Å². The zero-order valence-corrected chi connectivity index (χ0v) is 13.5. The Labute approximate surface area is 140 Å². The summed E-state index contributed by atoms with van der Waals surface area (Å²) in [6.45, 7) is 2.19. The Balaban J connectivity index is 1.66. The van der Waals surface area contributed by atoms with Gasteiger partial charge < -0.3 is 24.6 Å². The predicted octanol–water partition coefficient (Wildman–Crippen LogP) is 1.47. The van der Waals surface area contributed by atoms with Gasteiger partial charge in [-0.2, -0.15) is 0 Å². The summed E-state index contributed by atoms with van der Waals surface area (Å²) in [7, 11) is 0. The van der Waals surface area contributed by atoms with Gasteiger partial charge in [0, 0.05) is 31.9 Å². The number of carbonyl (C=O) groups is 2. The minimum absolute atomic E-state index is 0.221. The molecule has 1 saturated heterocycles. The van der Waals surface area contributed by atoms with E-state index in [0.29, 0.717) is 24.5 Å². The first kappa shape index (κ1) is 18.2. The van der Waals surface area contributed by atoms with Crippen LogP contribution in [-0.2, 0) is 14.3 Å². The van der Waals surface area contributed by atoms with Crippen LogP contribution in [0.2, 0.25) is 0 Å². The first-order valence-electron chi connectivity index (χ1n) is 8.07. The Kier molecular flexibility index (Phi) is 7.51. The van der Waals surface area contributed by atoms with Crippen LogP contribution in [0.5, 0.6) is 5.75 Å². The molecule has 0 aromatic heterocycles. The van der Waals surface area contributed by atoms with Gasteiger partial charge in [0.05, 0.1) is 6.10 Å². The van der Waals surface area contributed by atoms with E-state index in [0.717, 1.165) is 32.5 Å². The molecule has 1 fully saturated rings. The lowest BCUT2D eigenvalue weighted by atomic mass is 10.1. The Bertz CT molecular complexity index is 542. The average Bonchev–Trinajstić information content (AvgIpc) is 2.60. The van der Waals surface area contributed by atoms with Crippen molar-refractivity contribution in [1.29, 1.82) is 0 Å². The van der Waals surface area contributed by atoms with Gasteiger partial charge in [-0.1, -0.05) is 6.07 Å². The van der Waals surface area contributed by atoms with Gasteiger partial charge in [-0.3, -0.25) is 4.79 Å². The van der Waals surface area contributed by atoms with Crippen molar-refractivity contribution < 1.29 is 28.9 Å². The Morgan fingerprint density at radius 1 is 1.29 bits per heavy atom. The Morgan fingerprint density at radius 3 is 2.83 bits per heavy atom. The maximum absolute atomic E-state index is 12.1. The number of amides is 1. The molecule has 132 valence electrons. The number of rotatable bonds is 9. The van der Waals surface area contributed by atoms with Crippen LogP contribution in [0.1, 0.15) is 29.6 Å². The number of hydrogen-bond acceptors (Lipinski definition) is 5. The van der Waals surface area contributed by atoms with E-state index in [-0.39, 0.29) is 12.0 Å². The number of carboxylic acid groups (broad SMARTS) is 1. The van der Waals surface area contributed by atoms with Crippen molar-refractivity contribution in [3.05, 3.63) is 29.8 Å². The highest BCUT2D eigenvalue weighted by molar-refractivity contribution is 5.94. The molecule has 0 atom stereocenters. The van der Waals surface area contributed by atoms with Crippen molar-refractivity contribution in [2.24, 2.45) is 0 Å². The summed E-state index contributed by atoms with van der Waals surface area (Å²) in [6.07, 6.45) is 2.85. The molecule has 0 unspecified atom stereocenters. The van der Waals surface area contributed by atoms with Crippen LogP contribution in [0, 0.1) is 0 Å². The van der Waals surface area contributed by atoms with Crippen LogP contribution in [0.4, 0.5) is 0 Å². The molecule has 2 N–H and O–H groups in total. The average molecular weight is 337 g/mol. The van der Waals surface area contributed by atoms with Crippen LogP contribution < -0.4 is 10.1 Å². The van der Waals surface area contributed by atoms with Crippen molar-refractivity contribution in [2.75, 3.05) is 33.0 Å². The minimum Gasteiger partial charge on any atom is -0.482 e. The van der Waals surface area contributed by atoms with E-state index in [1.165, 1.54) is 6.07 Å². The first-order valence-corrected chi connectivity index (χ1v) is 8.07. The summed E-state index contributed by atoms with van der Waals surface area (Å²) in [6, 6.07) is 6.44. The smallest absolute Gasteiger partial charge is 0.341 e. The van der Waals surface area contributed by atoms with Crippen LogP contribution in [0.15, 0.2) is 24.3 Å². The summed E-state index contributed by atoms with van der Waals surface area (Å²) >= 11 is 0. The number of nitrogens with one attached hydrogen (secondary N) is 1. The second-order valence-electron chi connectivity index (χ2n) is 5.50. The van der Waals surface area contributed by atoms with Gasteiger partial charge in [0.25, 0.3) is 5.91 Å². The molecule has 0 radical (unpaired) electrons. The van der Waals surface area contributed by atoms with Crippen LogP contribution >= 0.6 is 0 Å². The van der Waals surface area contributed by atoms with Crippen molar-refractivity contribution in [2.45, 2.75) is 25.4 Å². The molecule has 24 heavy (non-hydrogen) atoms. The molecule has 1 aliphatic rings. The van der Waals surface area contributed by atoms with Gasteiger partial charge in [0.2, 0.25) is 0 Å². The SMILES string of the molecule is O=C(O)COc1cccc(C(=O)NCCCOC2CCOCC2)c1.